The maximum absolute atomic E-state index is 14.9. The quantitative estimate of drug-likeness (QED) is 0.348. The predicted molar refractivity (Wildman–Crippen MR) is 141 cm³/mol. The summed E-state index contributed by atoms with van der Waals surface area (Å²) in [7, 11) is -3.69. The number of aromatic nitrogens is 2. The van der Waals surface area contributed by atoms with Gasteiger partial charge in [0.05, 0.1) is 29.5 Å². The van der Waals surface area contributed by atoms with Crippen molar-refractivity contribution >= 4 is 44.1 Å². The summed E-state index contributed by atoms with van der Waals surface area (Å²) in [6.45, 7) is -0.411. The summed E-state index contributed by atoms with van der Waals surface area (Å²) in [6.07, 6.45) is 4.26. The minimum atomic E-state index is -3.69. The van der Waals surface area contributed by atoms with Crippen molar-refractivity contribution in [1.29, 1.82) is 0 Å². The zero-order chi connectivity index (χ0) is 27.0. The zero-order valence-corrected chi connectivity index (χ0v) is 21.0. The first-order chi connectivity index (χ1) is 18.1. The molecule has 196 valence electrons. The summed E-state index contributed by atoms with van der Waals surface area (Å²) >= 11 is 0. The molecule has 5 rings (SSSR count). The van der Waals surface area contributed by atoms with E-state index < -0.39 is 39.5 Å². The number of sulfonamides is 1. The van der Waals surface area contributed by atoms with Gasteiger partial charge in [-0.1, -0.05) is 6.07 Å². The van der Waals surface area contributed by atoms with Gasteiger partial charge in [0.15, 0.2) is 0 Å². The standard InChI is InChI=1S/C26H24FN5O5S/c1-38(36,37)31-14-19(25(34)29-17-5-7-22-16(12-17)9-10-28-22)20(15-31)26(35)30-23-8-6-18(13-21(23)27)32-11-3-2-4-24(32)33/h2-13,19-20,28H,14-15H2,1H3,(H,29,34)(H,30,35)/t19-,20-/m0/s1. The molecule has 38 heavy (non-hydrogen) atoms. The Morgan fingerprint density at radius 3 is 2.39 bits per heavy atom. The maximum atomic E-state index is 14.9. The van der Waals surface area contributed by atoms with Crippen molar-refractivity contribution in [3.63, 3.8) is 0 Å². The number of rotatable bonds is 6. The number of nitrogens with one attached hydrogen (secondary N) is 3. The minimum Gasteiger partial charge on any atom is -0.361 e. The molecule has 0 radical (unpaired) electrons. The molecule has 1 fully saturated rings. The van der Waals surface area contributed by atoms with E-state index >= 15 is 0 Å². The number of amides is 2. The average Bonchev–Trinajstić information content (AvgIpc) is 3.53. The third-order valence-electron chi connectivity index (χ3n) is 6.56. The van der Waals surface area contributed by atoms with E-state index in [0.29, 0.717) is 5.69 Å². The van der Waals surface area contributed by atoms with Gasteiger partial charge in [-0.05, 0) is 42.5 Å². The monoisotopic (exact) mass is 537 g/mol. The second-order valence-electron chi connectivity index (χ2n) is 9.12. The molecule has 2 amide bonds. The van der Waals surface area contributed by atoms with Crippen molar-refractivity contribution in [3.8, 4) is 5.69 Å². The van der Waals surface area contributed by atoms with Gasteiger partial charge in [0.25, 0.3) is 5.56 Å². The van der Waals surface area contributed by atoms with Gasteiger partial charge in [-0.15, -0.1) is 0 Å². The largest absolute Gasteiger partial charge is 0.361 e. The lowest BCUT2D eigenvalue weighted by Crippen LogP contribution is -2.35. The molecular formula is C26H24FN5O5S. The highest BCUT2D eigenvalue weighted by atomic mass is 32.2. The highest BCUT2D eigenvalue weighted by Gasteiger charge is 2.45. The van der Waals surface area contributed by atoms with Crippen LogP contribution in [0.15, 0.2) is 77.9 Å². The van der Waals surface area contributed by atoms with E-state index in [-0.39, 0.29) is 30.0 Å². The Labute approximate surface area is 217 Å². The predicted octanol–water partition coefficient (Wildman–Crippen LogP) is 2.54. The van der Waals surface area contributed by atoms with E-state index in [0.717, 1.165) is 27.5 Å². The second-order valence-corrected chi connectivity index (χ2v) is 11.1. The summed E-state index contributed by atoms with van der Waals surface area (Å²) in [6, 6.07) is 15.5. The number of carbonyl (C=O) groups is 2. The van der Waals surface area contributed by atoms with Crippen molar-refractivity contribution in [2.45, 2.75) is 0 Å². The molecule has 1 aliphatic heterocycles. The third-order valence-corrected chi connectivity index (χ3v) is 7.80. The van der Waals surface area contributed by atoms with Crippen LogP contribution >= 0.6 is 0 Å². The molecule has 1 saturated heterocycles. The van der Waals surface area contributed by atoms with Gasteiger partial charge < -0.3 is 15.6 Å². The zero-order valence-electron chi connectivity index (χ0n) is 20.2. The van der Waals surface area contributed by atoms with Gasteiger partial charge >= 0.3 is 0 Å². The fraction of sp³-hybridized carbons (Fsp3) is 0.192. The Bertz CT molecular complexity index is 1710. The number of carbonyl (C=O) groups excluding carboxylic acids is 2. The average molecular weight is 538 g/mol. The highest BCUT2D eigenvalue weighted by Crippen LogP contribution is 2.29. The number of aromatic amines is 1. The van der Waals surface area contributed by atoms with Gasteiger partial charge in [-0.25, -0.2) is 17.1 Å². The smallest absolute Gasteiger partial charge is 0.255 e. The fourth-order valence-corrected chi connectivity index (χ4v) is 5.42. The van der Waals surface area contributed by atoms with Crippen LogP contribution in [0.25, 0.3) is 16.6 Å². The van der Waals surface area contributed by atoms with Gasteiger partial charge in [0, 0.05) is 54.2 Å². The minimum absolute atomic E-state index is 0.155. The molecule has 2 aromatic carbocycles. The summed E-state index contributed by atoms with van der Waals surface area (Å²) in [5, 5.41) is 6.12. The Morgan fingerprint density at radius 1 is 0.974 bits per heavy atom. The summed E-state index contributed by atoms with van der Waals surface area (Å²) in [5.41, 5.74) is 1.15. The van der Waals surface area contributed by atoms with Gasteiger partial charge in [0.1, 0.15) is 5.82 Å². The topological polar surface area (TPSA) is 133 Å². The van der Waals surface area contributed by atoms with Crippen molar-refractivity contribution < 1.29 is 22.4 Å². The first-order valence-corrected chi connectivity index (χ1v) is 13.6. The van der Waals surface area contributed by atoms with Gasteiger partial charge in [0.2, 0.25) is 21.8 Å². The normalized spacial score (nSPS) is 17.9. The molecule has 0 unspecified atom stereocenters. The lowest BCUT2D eigenvalue weighted by Gasteiger charge is -2.18. The molecule has 1 aliphatic rings. The molecule has 10 nitrogen and oxygen atoms in total. The lowest BCUT2D eigenvalue weighted by molar-refractivity contribution is -0.127. The summed E-state index contributed by atoms with van der Waals surface area (Å²) in [5.74, 6) is -4.06. The van der Waals surface area contributed by atoms with Gasteiger partial charge in [-0.3, -0.25) is 19.0 Å². The Balaban J connectivity index is 1.37. The Morgan fingerprint density at radius 2 is 1.71 bits per heavy atom. The van der Waals surface area contributed by atoms with Crippen LogP contribution < -0.4 is 16.2 Å². The van der Waals surface area contributed by atoms with Crippen LogP contribution in [0.1, 0.15) is 0 Å². The molecule has 12 heteroatoms. The van der Waals surface area contributed by atoms with Crippen LogP contribution in [0.4, 0.5) is 15.8 Å². The van der Waals surface area contributed by atoms with Crippen LogP contribution in [-0.2, 0) is 19.6 Å². The van der Waals surface area contributed by atoms with E-state index in [1.54, 1.807) is 36.5 Å². The lowest BCUT2D eigenvalue weighted by atomic mass is 9.94. The number of nitrogens with zero attached hydrogens (tertiary/aromatic N) is 2. The number of benzene rings is 2. The maximum Gasteiger partial charge on any atom is 0.255 e. The molecule has 4 aromatic rings. The van der Waals surface area contributed by atoms with Crippen LogP contribution in [0, 0.1) is 17.7 Å². The SMILES string of the molecule is CS(=O)(=O)N1C[C@H](C(=O)Nc2ccc3[nH]ccc3c2)[C@@H](C(=O)Nc2ccc(-n3ccccc3=O)cc2F)C1. The molecule has 0 aliphatic carbocycles. The van der Waals surface area contributed by atoms with E-state index in [4.69, 9.17) is 0 Å². The van der Waals surface area contributed by atoms with Gasteiger partial charge in [-0.2, -0.15) is 0 Å². The van der Waals surface area contributed by atoms with Crippen LogP contribution in [0.3, 0.4) is 0 Å². The number of hydrogen-bond acceptors (Lipinski definition) is 5. The highest BCUT2D eigenvalue weighted by molar-refractivity contribution is 7.88. The van der Waals surface area contributed by atoms with Crippen LogP contribution in [0.5, 0.6) is 0 Å². The molecule has 0 spiro atoms. The Kier molecular flexibility index (Phi) is 6.59. The number of anilines is 2. The van der Waals surface area contributed by atoms with E-state index in [2.05, 4.69) is 15.6 Å². The number of fused-ring (bicyclic) bond motifs is 1. The molecule has 2 aromatic heterocycles. The first-order valence-electron chi connectivity index (χ1n) is 11.7. The molecular weight excluding hydrogens is 513 g/mol. The number of halogens is 1. The summed E-state index contributed by atoms with van der Waals surface area (Å²) in [4.78, 5) is 41.5. The number of H-pyrrole nitrogens is 1. The second kappa shape index (κ2) is 9.88. The Hall–Kier alpha value is -4.29. The number of pyridine rings is 1. The summed E-state index contributed by atoms with van der Waals surface area (Å²) < 4.78 is 41.7. The van der Waals surface area contributed by atoms with Crippen molar-refractivity contribution in [2.75, 3.05) is 30.0 Å². The van der Waals surface area contributed by atoms with Crippen molar-refractivity contribution in [1.82, 2.24) is 13.9 Å². The van der Waals surface area contributed by atoms with E-state index in [1.807, 2.05) is 6.07 Å². The first kappa shape index (κ1) is 25.4. The number of hydrogen-bond donors (Lipinski definition) is 3. The molecule has 3 heterocycles. The van der Waals surface area contributed by atoms with E-state index in [9.17, 15) is 27.2 Å². The fourth-order valence-electron chi connectivity index (χ4n) is 4.56. The molecule has 2 atom stereocenters. The molecule has 0 saturated carbocycles. The molecule has 3 N–H and O–H groups in total. The van der Waals surface area contributed by atoms with Crippen molar-refractivity contribution in [2.24, 2.45) is 11.8 Å². The van der Waals surface area contributed by atoms with Crippen LogP contribution in [-0.4, -0.2) is 53.4 Å². The van der Waals surface area contributed by atoms with E-state index in [1.165, 1.54) is 29.0 Å². The van der Waals surface area contributed by atoms with Crippen molar-refractivity contribution in [3.05, 3.63) is 89.2 Å². The van der Waals surface area contributed by atoms with Crippen LogP contribution in [0.2, 0.25) is 0 Å². The molecule has 0 bridgehead atoms. The third kappa shape index (κ3) is 5.08.